The first kappa shape index (κ1) is 26.6. The van der Waals surface area contributed by atoms with Crippen LogP contribution in [0.3, 0.4) is 0 Å². The van der Waals surface area contributed by atoms with Crippen LogP contribution in [0.5, 0.6) is 11.5 Å². The van der Waals surface area contributed by atoms with Crippen molar-refractivity contribution in [3.8, 4) is 17.6 Å². The van der Waals surface area contributed by atoms with Gasteiger partial charge in [-0.05, 0) is 73.0 Å². The molecule has 0 heterocycles. The van der Waals surface area contributed by atoms with Gasteiger partial charge in [-0.2, -0.15) is 5.26 Å². The molecule has 0 saturated carbocycles. The maximum atomic E-state index is 12.7. The normalized spacial score (nSPS) is 10.9. The van der Waals surface area contributed by atoms with Gasteiger partial charge >= 0.3 is 5.97 Å². The number of carboxylic acid groups (broad SMARTS) is 1. The van der Waals surface area contributed by atoms with Gasteiger partial charge in [0.1, 0.15) is 18.2 Å². The van der Waals surface area contributed by atoms with E-state index in [1.54, 1.807) is 49.4 Å². The molecule has 0 unspecified atom stereocenters. The van der Waals surface area contributed by atoms with Gasteiger partial charge in [0.25, 0.3) is 5.91 Å². The van der Waals surface area contributed by atoms with E-state index >= 15 is 0 Å². The first-order chi connectivity index (χ1) is 17.2. The number of carbonyl (C=O) groups is 2. The minimum atomic E-state index is -1.01. The largest absolute Gasteiger partial charge is 0.490 e. The lowest BCUT2D eigenvalue weighted by molar-refractivity contribution is -0.112. The van der Waals surface area contributed by atoms with Crippen molar-refractivity contribution in [2.45, 2.75) is 20.5 Å². The topological polar surface area (TPSA) is 109 Å². The van der Waals surface area contributed by atoms with Crippen LogP contribution >= 0.6 is 23.2 Å². The second-order valence-corrected chi connectivity index (χ2v) is 8.48. The number of rotatable bonds is 9. The zero-order valence-electron chi connectivity index (χ0n) is 19.5. The standard InChI is InChI=1S/C27H22Cl2N2O5/c1-3-35-24-12-18(10-20(14-30)26(32)31-23-13-21(28)9-4-16(23)2)11-22(29)25(24)36-15-17-5-7-19(8-6-17)27(33)34/h4-13H,3,15H2,1-2H3,(H,31,32)(H,33,34)/b20-10+. The summed E-state index contributed by atoms with van der Waals surface area (Å²) in [6.07, 6.45) is 1.40. The highest BCUT2D eigenvalue weighted by Gasteiger charge is 2.16. The third-order valence-electron chi connectivity index (χ3n) is 5.04. The summed E-state index contributed by atoms with van der Waals surface area (Å²) in [6, 6.07) is 16.4. The smallest absolute Gasteiger partial charge is 0.335 e. The molecule has 9 heteroatoms. The van der Waals surface area contributed by atoms with Crippen LogP contribution in [0.2, 0.25) is 10.0 Å². The van der Waals surface area contributed by atoms with Crippen LogP contribution in [0.25, 0.3) is 6.08 Å². The van der Waals surface area contributed by atoms with Gasteiger partial charge in [-0.15, -0.1) is 0 Å². The van der Waals surface area contributed by atoms with Gasteiger partial charge in [-0.25, -0.2) is 4.79 Å². The number of aromatic carboxylic acids is 1. The molecular formula is C27H22Cl2N2O5. The van der Waals surface area contributed by atoms with Gasteiger partial charge in [0.15, 0.2) is 11.5 Å². The van der Waals surface area contributed by atoms with E-state index in [1.807, 2.05) is 13.0 Å². The average Bonchev–Trinajstić information content (AvgIpc) is 2.84. The number of benzene rings is 3. The quantitative estimate of drug-likeness (QED) is 0.243. The number of aryl methyl sites for hydroxylation is 1. The van der Waals surface area contributed by atoms with E-state index in [-0.39, 0.29) is 28.5 Å². The molecule has 3 aromatic rings. The van der Waals surface area contributed by atoms with E-state index in [2.05, 4.69) is 5.32 Å². The lowest BCUT2D eigenvalue weighted by Gasteiger charge is -2.15. The minimum absolute atomic E-state index is 0.125. The molecule has 3 aromatic carbocycles. The summed E-state index contributed by atoms with van der Waals surface area (Å²) in [6.45, 7) is 4.06. The van der Waals surface area contributed by atoms with E-state index in [0.29, 0.717) is 28.6 Å². The van der Waals surface area contributed by atoms with Crippen molar-refractivity contribution < 1.29 is 24.2 Å². The van der Waals surface area contributed by atoms with Crippen molar-refractivity contribution in [1.82, 2.24) is 0 Å². The number of nitrogens with zero attached hydrogens (tertiary/aromatic N) is 1. The first-order valence-electron chi connectivity index (χ1n) is 10.8. The highest BCUT2D eigenvalue weighted by atomic mass is 35.5. The van der Waals surface area contributed by atoms with Gasteiger partial charge in [0, 0.05) is 10.7 Å². The van der Waals surface area contributed by atoms with Gasteiger partial charge in [0.05, 0.1) is 17.2 Å². The Hall–Kier alpha value is -3.99. The number of hydrogen-bond donors (Lipinski definition) is 2. The predicted molar refractivity (Wildman–Crippen MR) is 139 cm³/mol. The fourth-order valence-corrected chi connectivity index (χ4v) is 3.65. The maximum absolute atomic E-state index is 12.7. The van der Waals surface area contributed by atoms with Crippen LogP contribution in [0, 0.1) is 18.3 Å². The zero-order valence-corrected chi connectivity index (χ0v) is 21.0. The average molecular weight is 525 g/mol. The number of carbonyl (C=O) groups excluding carboxylic acids is 1. The van der Waals surface area contributed by atoms with E-state index in [1.165, 1.54) is 18.2 Å². The van der Waals surface area contributed by atoms with Crippen molar-refractivity contribution in [2.24, 2.45) is 0 Å². The van der Waals surface area contributed by atoms with Crippen molar-refractivity contribution in [1.29, 1.82) is 5.26 Å². The third-order valence-corrected chi connectivity index (χ3v) is 5.56. The number of hydrogen-bond acceptors (Lipinski definition) is 5. The Balaban J connectivity index is 1.84. The summed E-state index contributed by atoms with van der Waals surface area (Å²) < 4.78 is 11.5. The second-order valence-electron chi connectivity index (χ2n) is 7.64. The Morgan fingerprint density at radius 1 is 1.08 bits per heavy atom. The van der Waals surface area contributed by atoms with Crippen LogP contribution in [-0.4, -0.2) is 23.6 Å². The molecule has 0 atom stereocenters. The Kier molecular flexibility index (Phi) is 8.96. The molecule has 0 fully saturated rings. The summed E-state index contributed by atoms with van der Waals surface area (Å²) >= 11 is 12.5. The number of ether oxygens (including phenoxy) is 2. The summed E-state index contributed by atoms with van der Waals surface area (Å²) in [5.41, 5.74) is 2.54. The first-order valence-corrected chi connectivity index (χ1v) is 11.6. The van der Waals surface area contributed by atoms with Crippen LogP contribution < -0.4 is 14.8 Å². The number of nitriles is 1. The SMILES string of the molecule is CCOc1cc(/C=C(\C#N)C(=O)Nc2cc(Cl)ccc2C)cc(Cl)c1OCc1ccc(C(=O)O)cc1. The van der Waals surface area contributed by atoms with Gasteiger partial charge in [0.2, 0.25) is 0 Å². The number of halogens is 2. The number of carboxylic acids is 1. The molecule has 7 nitrogen and oxygen atoms in total. The summed E-state index contributed by atoms with van der Waals surface area (Å²) in [4.78, 5) is 23.8. The van der Waals surface area contributed by atoms with Crippen LogP contribution in [0.4, 0.5) is 5.69 Å². The lowest BCUT2D eigenvalue weighted by atomic mass is 10.1. The van der Waals surface area contributed by atoms with E-state index in [9.17, 15) is 14.9 Å². The number of amides is 1. The Morgan fingerprint density at radius 3 is 2.44 bits per heavy atom. The van der Waals surface area contributed by atoms with Gasteiger partial charge < -0.3 is 19.9 Å². The van der Waals surface area contributed by atoms with Crippen LogP contribution in [0.15, 0.2) is 60.2 Å². The van der Waals surface area contributed by atoms with Crippen molar-refractivity contribution in [3.63, 3.8) is 0 Å². The Labute approximate surface area is 218 Å². The fraction of sp³-hybridized carbons (Fsp3) is 0.148. The molecule has 2 N–H and O–H groups in total. The number of nitrogens with one attached hydrogen (secondary N) is 1. The second kappa shape index (κ2) is 12.1. The van der Waals surface area contributed by atoms with E-state index in [0.717, 1.165) is 11.1 Å². The molecule has 0 saturated heterocycles. The van der Waals surface area contributed by atoms with Crippen molar-refractivity contribution in [3.05, 3.63) is 92.5 Å². The summed E-state index contributed by atoms with van der Waals surface area (Å²) in [7, 11) is 0. The molecule has 0 aliphatic carbocycles. The summed E-state index contributed by atoms with van der Waals surface area (Å²) in [5, 5.41) is 22.0. The van der Waals surface area contributed by atoms with Crippen molar-refractivity contribution >= 4 is 46.8 Å². The van der Waals surface area contributed by atoms with Gasteiger partial charge in [-0.3, -0.25) is 4.79 Å². The number of anilines is 1. The Morgan fingerprint density at radius 2 is 1.81 bits per heavy atom. The molecule has 1 amide bonds. The summed E-state index contributed by atoms with van der Waals surface area (Å²) in [5.74, 6) is -0.986. The van der Waals surface area contributed by atoms with Gasteiger partial charge in [-0.1, -0.05) is 41.4 Å². The van der Waals surface area contributed by atoms with Crippen LogP contribution in [0.1, 0.15) is 34.0 Å². The molecule has 184 valence electrons. The minimum Gasteiger partial charge on any atom is -0.490 e. The van der Waals surface area contributed by atoms with E-state index in [4.69, 9.17) is 37.8 Å². The fourth-order valence-electron chi connectivity index (χ4n) is 3.21. The predicted octanol–water partition coefficient (Wildman–Crippen LogP) is 6.52. The molecule has 0 aliphatic heterocycles. The third kappa shape index (κ3) is 6.79. The zero-order chi connectivity index (χ0) is 26.2. The molecule has 0 spiro atoms. The monoisotopic (exact) mass is 524 g/mol. The van der Waals surface area contributed by atoms with Crippen LogP contribution in [-0.2, 0) is 11.4 Å². The molecule has 0 aliphatic rings. The van der Waals surface area contributed by atoms with Crippen molar-refractivity contribution in [2.75, 3.05) is 11.9 Å². The van der Waals surface area contributed by atoms with E-state index < -0.39 is 11.9 Å². The lowest BCUT2D eigenvalue weighted by Crippen LogP contribution is -2.14. The maximum Gasteiger partial charge on any atom is 0.335 e. The molecule has 3 rings (SSSR count). The molecular weight excluding hydrogens is 503 g/mol. The highest BCUT2D eigenvalue weighted by molar-refractivity contribution is 6.32. The molecule has 0 aromatic heterocycles. The molecule has 0 bridgehead atoms. The highest BCUT2D eigenvalue weighted by Crippen LogP contribution is 2.38. The molecule has 36 heavy (non-hydrogen) atoms. The molecule has 0 radical (unpaired) electrons. The Bertz CT molecular complexity index is 1360.